The lowest BCUT2D eigenvalue weighted by Gasteiger charge is -2.29. The fourth-order valence-corrected chi connectivity index (χ4v) is 1.69. The molecule has 0 heterocycles. The minimum absolute atomic E-state index is 0.176. The number of hydrogen-bond acceptors (Lipinski definition) is 4. The molecule has 0 saturated carbocycles. The van der Waals surface area contributed by atoms with E-state index in [1.807, 2.05) is 13.8 Å². The molecular weight excluding hydrogens is 272 g/mol. The Hall–Kier alpha value is -0.650. The van der Waals surface area contributed by atoms with Crippen LogP contribution in [-0.4, -0.2) is 48.7 Å². The molecule has 0 aromatic carbocycles. The molecule has 0 bridgehead atoms. The van der Waals surface area contributed by atoms with Crippen molar-refractivity contribution in [3.63, 3.8) is 0 Å². The maximum atomic E-state index is 10.3. The third-order valence-electron chi connectivity index (χ3n) is 3.26. The number of unbranched alkanes of at least 4 members (excludes halogenated alkanes) is 1. The Kier molecular flexibility index (Phi) is 9.83. The topological polar surface area (TPSA) is 65.0 Å². The van der Waals surface area contributed by atoms with E-state index in [0.717, 1.165) is 25.9 Å². The van der Waals surface area contributed by atoms with Crippen molar-refractivity contribution in [1.29, 1.82) is 0 Å². The summed E-state index contributed by atoms with van der Waals surface area (Å²) in [6, 6.07) is 0. The predicted octanol–water partition coefficient (Wildman–Crippen LogP) is 3.26. The van der Waals surface area contributed by atoms with Gasteiger partial charge < -0.3 is 19.3 Å². The molecule has 0 amide bonds. The van der Waals surface area contributed by atoms with Crippen LogP contribution in [0.2, 0.25) is 0 Å². The van der Waals surface area contributed by atoms with Gasteiger partial charge in [-0.25, -0.2) is 4.79 Å². The van der Waals surface area contributed by atoms with Gasteiger partial charge in [0.05, 0.1) is 24.4 Å². The van der Waals surface area contributed by atoms with Gasteiger partial charge in [0.2, 0.25) is 0 Å². The predicted molar refractivity (Wildman–Crippen MR) is 82.7 cm³/mol. The van der Waals surface area contributed by atoms with Gasteiger partial charge in [0.15, 0.2) is 0 Å². The lowest BCUT2D eigenvalue weighted by molar-refractivity contribution is -0.143. The van der Waals surface area contributed by atoms with Crippen LogP contribution in [0.3, 0.4) is 0 Å². The van der Waals surface area contributed by atoms with Crippen molar-refractivity contribution in [3.05, 3.63) is 0 Å². The van der Waals surface area contributed by atoms with Crippen LogP contribution in [0.5, 0.6) is 0 Å². The van der Waals surface area contributed by atoms with Crippen molar-refractivity contribution < 1.29 is 24.1 Å². The number of aliphatic carboxylic acids is 1. The highest BCUT2D eigenvalue weighted by atomic mass is 16.5. The molecule has 0 aromatic rings. The molecule has 0 aromatic heterocycles. The van der Waals surface area contributed by atoms with Gasteiger partial charge in [-0.1, -0.05) is 13.3 Å². The fraction of sp³-hybridized carbons (Fsp3) is 0.938. The standard InChI is InChI=1S/C16H32O5/c1-6-7-10-20-16(4,5)9-12-21-15(2,3)8-11-19-13-14(17)18/h6-13H2,1-5H3,(H,17,18). The van der Waals surface area contributed by atoms with E-state index < -0.39 is 5.97 Å². The number of hydrogen-bond donors (Lipinski definition) is 1. The molecule has 21 heavy (non-hydrogen) atoms. The Morgan fingerprint density at radius 3 is 2.00 bits per heavy atom. The normalized spacial score (nSPS) is 12.6. The molecule has 0 aliphatic rings. The lowest BCUT2D eigenvalue weighted by atomic mass is 10.0. The first kappa shape index (κ1) is 20.3. The quantitative estimate of drug-likeness (QED) is 0.529. The van der Waals surface area contributed by atoms with Crippen LogP contribution >= 0.6 is 0 Å². The number of carboxylic acid groups (broad SMARTS) is 1. The average Bonchev–Trinajstić information content (AvgIpc) is 2.34. The summed E-state index contributed by atoms with van der Waals surface area (Å²) in [6.07, 6.45) is 3.71. The maximum absolute atomic E-state index is 10.3. The summed E-state index contributed by atoms with van der Waals surface area (Å²) in [7, 11) is 0. The molecule has 0 aliphatic heterocycles. The Bertz CT molecular complexity index is 286. The molecule has 0 saturated heterocycles. The molecule has 0 rings (SSSR count). The van der Waals surface area contributed by atoms with Crippen LogP contribution in [0.25, 0.3) is 0 Å². The van der Waals surface area contributed by atoms with E-state index >= 15 is 0 Å². The summed E-state index contributed by atoms with van der Waals surface area (Å²) in [5.74, 6) is -0.945. The van der Waals surface area contributed by atoms with Gasteiger partial charge >= 0.3 is 5.97 Å². The van der Waals surface area contributed by atoms with E-state index in [9.17, 15) is 4.79 Å². The summed E-state index contributed by atoms with van der Waals surface area (Å²) < 4.78 is 16.8. The summed E-state index contributed by atoms with van der Waals surface area (Å²) >= 11 is 0. The first-order valence-corrected chi connectivity index (χ1v) is 7.76. The van der Waals surface area contributed by atoms with Gasteiger partial charge in [-0.05, 0) is 47.0 Å². The maximum Gasteiger partial charge on any atom is 0.329 e. The van der Waals surface area contributed by atoms with Crippen LogP contribution in [0.15, 0.2) is 0 Å². The van der Waals surface area contributed by atoms with Crippen LogP contribution < -0.4 is 0 Å². The number of carboxylic acids is 1. The van der Waals surface area contributed by atoms with Crippen molar-refractivity contribution in [2.24, 2.45) is 0 Å². The van der Waals surface area contributed by atoms with Crippen molar-refractivity contribution in [2.45, 2.75) is 71.5 Å². The highest BCUT2D eigenvalue weighted by Crippen LogP contribution is 2.19. The molecular formula is C16H32O5. The first-order chi connectivity index (χ1) is 9.68. The second kappa shape index (κ2) is 10.1. The number of carbonyl (C=O) groups is 1. The van der Waals surface area contributed by atoms with Gasteiger partial charge in [0.25, 0.3) is 0 Å². The Morgan fingerprint density at radius 2 is 1.48 bits per heavy atom. The highest BCUT2D eigenvalue weighted by molar-refractivity contribution is 5.67. The lowest BCUT2D eigenvalue weighted by Crippen LogP contribution is -2.32. The van der Waals surface area contributed by atoms with Crippen LogP contribution in [0, 0.1) is 0 Å². The van der Waals surface area contributed by atoms with E-state index in [2.05, 4.69) is 20.8 Å². The molecule has 5 heteroatoms. The third kappa shape index (κ3) is 12.8. The van der Waals surface area contributed by atoms with Crippen LogP contribution in [-0.2, 0) is 19.0 Å². The third-order valence-corrected chi connectivity index (χ3v) is 3.26. The van der Waals surface area contributed by atoms with Gasteiger partial charge in [-0.15, -0.1) is 0 Å². The SMILES string of the molecule is CCCCOC(C)(C)CCOC(C)(C)CCOCC(=O)O. The summed E-state index contributed by atoms with van der Waals surface area (Å²) in [4.78, 5) is 10.3. The van der Waals surface area contributed by atoms with Gasteiger partial charge in [0, 0.05) is 6.61 Å². The number of ether oxygens (including phenoxy) is 3. The molecule has 1 N–H and O–H groups in total. The Morgan fingerprint density at radius 1 is 0.952 bits per heavy atom. The zero-order chi connectivity index (χ0) is 16.4. The number of rotatable bonds is 13. The Balaban J connectivity index is 3.83. The molecule has 0 aliphatic carbocycles. The molecule has 0 unspecified atom stereocenters. The minimum atomic E-state index is -0.945. The van der Waals surface area contributed by atoms with E-state index in [1.54, 1.807) is 0 Å². The Labute approximate surface area is 129 Å². The van der Waals surface area contributed by atoms with E-state index in [-0.39, 0.29) is 17.8 Å². The van der Waals surface area contributed by atoms with E-state index in [0.29, 0.717) is 19.6 Å². The zero-order valence-corrected chi connectivity index (χ0v) is 14.2. The molecule has 126 valence electrons. The zero-order valence-electron chi connectivity index (χ0n) is 14.2. The summed E-state index contributed by atoms with van der Waals surface area (Å²) in [5, 5.41) is 8.49. The van der Waals surface area contributed by atoms with Crippen molar-refractivity contribution in [2.75, 3.05) is 26.4 Å². The molecule has 0 fully saturated rings. The fourth-order valence-electron chi connectivity index (χ4n) is 1.69. The summed E-state index contributed by atoms with van der Waals surface area (Å²) in [5.41, 5.74) is -0.497. The van der Waals surface area contributed by atoms with E-state index in [1.165, 1.54) is 0 Å². The van der Waals surface area contributed by atoms with Crippen molar-refractivity contribution in [1.82, 2.24) is 0 Å². The van der Waals surface area contributed by atoms with Crippen molar-refractivity contribution >= 4 is 5.97 Å². The highest BCUT2D eigenvalue weighted by Gasteiger charge is 2.22. The van der Waals surface area contributed by atoms with Gasteiger partial charge in [-0.3, -0.25) is 0 Å². The minimum Gasteiger partial charge on any atom is -0.480 e. The second-order valence-corrected chi connectivity index (χ2v) is 6.52. The average molecular weight is 304 g/mol. The van der Waals surface area contributed by atoms with Crippen molar-refractivity contribution in [3.8, 4) is 0 Å². The summed E-state index contributed by atoms with van der Waals surface area (Å²) in [6.45, 7) is 11.8. The molecule has 0 radical (unpaired) electrons. The van der Waals surface area contributed by atoms with E-state index in [4.69, 9.17) is 19.3 Å². The van der Waals surface area contributed by atoms with Crippen LogP contribution in [0.1, 0.15) is 60.3 Å². The molecule has 0 atom stereocenters. The van der Waals surface area contributed by atoms with Gasteiger partial charge in [-0.2, -0.15) is 0 Å². The largest absolute Gasteiger partial charge is 0.480 e. The molecule has 5 nitrogen and oxygen atoms in total. The van der Waals surface area contributed by atoms with Crippen LogP contribution in [0.4, 0.5) is 0 Å². The monoisotopic (exact) mass is 304 g/mol. The first-order valence-electron chi connectivity index (χ1n) is 7.76. The van der Waals surface area contributed by atoms with Gasteiger partial charge in [0.1, 0.15) is 6.61 Å². The smallest absolute Gasteiger partial charge is 0.329 e. The molecule has 0 spiro atoms. The second-order valence-electron chi connectivity index (χ2n) is 6.52.